The van der Waals surface area contributed by atoms with Crippen LogP contribution in [0.2, 0.25) is 0 Å². The van der Waals surface area contributed by atoms with Gasteiger partial charge >= 0.3 is 0 Å². The van der Waals surface area contributed by atoms with Crippen molar-refractivity contribution in [2.45, 2.75) is 19.4 Å². The van der Waals surface area contributed by atoms with Crippen molar-refractivity contribution in [3.8, 4) is 11.8 Å². The third kappa shape index (κ3) is 1.51. The van der Waals surface area contributed by atoms with Crippen LogP contribution in [0.5, 0.6) is 5.75 Å². The molecule has 14 heavy (non-hydrogen) atoms. The van der Waals surface area contributed by atoms with E-state index in [4.69, 9.17) is 10.00 Å². The van der Waals surface area contributed by atoms with Gasteiger partial charge < -0.3 is 10.1 Å². The van der Waals surface area contributed by atoms with Crippen LogP contribution < -0.4 is 10.1 Å². The van der Waals surface area contributed by atoms with Crippen molar-refractivity contribution in [3.05, 3.63) is 23.8 Å². The molecule has 0 aromatic heterocycles. The van der Waals surface area contributed by atoms with E-state index in [1.807, 2.05) is 6.07 Å². The molecule has 0 fully saturated rings. The zero-order valence-electron chi connectivity index (χ0n) is 8.08. The van der Waals surface area contributed by atoms with E-state index in [2.05, 4.69) is 18.3 Å². The van der Waals surface area contributed by atoms with Crippen LogP contribution in [0.15, 0.2) is 18.2 Å². The van der Waals surface area contributed by atoms with Gasteiger partial charge in [-0.25, -0.2) is 0 Å². The van der Waals surface area contributed by atoms with E-state index in [0.29, 0.717) is 18.2 Å². The number of ether oxygens (including phenoxy) is 1. The summed E-state index contributed by atoms with van der Waals surface area (Å²) in [5.41, 5.74) is 1.63. The van der Waals surface area contributed by atoms with E-state index in [0.717, 1.165) is 17.9 Å². The van der Waals surface area contributed by atoms with Gasteiger partial charge in [0.1, 0.15) is 12.4 Å². The van der Waals surface area contributed by atoms with Crippen LogP contribution in [-0.4, -0.2) is 12.6 Å². The molecule has 1 heterocycles. The van der Waals surface area contributed by atoms with Crippen molar-refractivity contribution >= 4 is 5.69 Å². The number of benzene rings is 1. The van der Waals surface area contributed by atoms with E-state index >= 15 is 0 Å². The Morgan fingerprint density at radius 1 is 1.64 bits per heavy atom. The van der Waals surface area contributed by atoms with Gasteiger partial charge in [-0.1, -0.05) is 6.92 Å². The Balaban J connectivity index is 2.29. The normalized spacial score (nSPS) is 18.7. The number of anilines is 1. The molecule has 1 aliphatic rings. The molecule has 72 valence electrons. The van der Waals surface area contributed by atoms with Gasteiger partial charge in [0.05, 0.1) is 23.4 Å². The number of hydrogen-bond donors (Lipinski definition) is 1. The predicted octanol–water partition coefficient (Wildman–Crippen LogP) is 2.14. The molecule has 1 unspecified atom stereocenters. The monoisotopic (exact) mass is 188 g/mol. The van der Waals surface area contributed by atoms with E-state index in [1.165, 1.54) is 0 Å². The van der Waals surface area contributed by atoms with Gasteiger partial charge in [-0.2, -0.15) is 5.26 Å². The molecular weight excluding hydrogens is 176 g/mol. The van der Waals surface area contributed by atoms with Crippen LogP contribution in [0.3, 0.4) is 0 Å². The molecular formula is C11H12N2O. The molecule has 0 bridgehead atoms. The highest BCUT2D eigenvalue weighted by atomic mass is 16.5. The SMILES string of the molecule is CCC1COc2cc(C#N)ccc2N1. The van der Waals surface area contributed by atoms with E-state index in [1.54, 1.807) is 12.1 Å². The summed E-state index contributed by atoms with van der Waals surface area (Å²) < 4.78 is 5.56. The van der Waals surface area contributed by atoms with Crippen LogP contribution >= 0.6 is 0 Å². The predicted molar refractivity (Wildman–Crippen MR) is 54.4 cm³/mol. The summed E-state index contributed by atoms with van der Waals surface area (Å²) in [6, 6.07) is 7.95. The largest absolute Gasteiger partial charge is 0.489 e. The molecule has 0 spiro atoms. The maximum Gasteiger partial charge on any atom is 0.143 e. The Kier molecular flexibility index (Phi) is 2.28. The zero-order chi connectivity index (χ0) is 9.97. The fourth-order valence-corrected chi connectivity index (χ4v) is 1.50. The maximum absolute atomic E-state index is 8.71. The van der Waals surface area contributed by atoms with Gasteiger partial charge in [-0.3, -0.25) is 0 Å². The highest BCUT2D eigenvalue weighted by Gasteiger charge is 2.17. The Labute approximate surface area is 83.3 Å². The van der Waals surface area contributed by atoms with Crippen molar-refractivity contribution in [2.75, 3.05) is 11.9 Å². The van der Waals surface area contributed by atoms with Crippen molar-refractivity contribution in [1.29, 1.82) is 5.26 Å². The molecule has 0 radical (unpaired) electrons. The van der Waals surface area contributed by atoms with Gasteiger partial charge in [-0.05, 0) is 18.6 Å². The molecule has 2 rings (SSSR count). The number of nitrogens with zero attached hydrogens (tertiary/aromatic N) is 1. The maximum atomic E-state index is 8.71. The third-order valence-corrected chi connectivity index (χ3v) is 2.40. The molecule has 1 atom stereocenters. The summed E-state index contributed by atoms with van der Waals surface area (Å²) in [5.74, 6) is 0.786. The molecule has 1 aromatic rings. The number of nitrogens with one attached hydrogen (secondary N) is 1. The lowest BCUT2D eigenvalue weighted by Gasteiger charge is -2.26. The summed E-state index contributed by atoms with van der Waals surface area (Å²) in [4.78, 5) is 0. The average Bonchev–Trinajstić information content (AvgIpc) is 2.27. The lowest BCUT2D eigenvalue weighted by molar-refractivity contribution is 0.281. The van der Waals surface area contributed by atoms with Crippen molar-refractivity contribution in [3.63, 3.8) is 0 Å². The molecule has 0 amide bonds. The fraction of sp³-hybridized carbons (Fsp3) is 0.364. The summed E-state index contributed by atoms with van der Waals surface area (Å²) in [6.45, 7) is 2.80. The second-order valence-corrected chi connectivity index (χ2v) is 3.38. The second kappa shape index (κ2) is 3.59. The first kappa shape index (κ1) is 8.89. The molecule has 0 aliphatic carbocycles. The van der Waals surface area contributed by atoms with Crippen LogP contribution in [0.1, 0.15) is 18.9 Å². The van der Waals surface area contributed by atoms with E-state index < -0.39 is 0 Å². The first-order valence-corrected chi connectivity index (χ1v) is 4.77. The topological polar surface area (TPSA) is 45.0 Å². The zero-order valence-corrected chi connectivity index (χ0v) is 8.08. The molecule has 0 saturated carbocycles. The third-order valence-electron chi connectivity index (χ3n) is 2.40. The minimum absolute atomic E-state index is 0.385. The first-order chi connectivity index (χ1) is 6.83. The molecule has 1 aromatic carbocycles. The minimum atomic E-state index is 0.385. The number of nitriles is 1. The number of fused-ring (bicyclic) bond motifs is 1. The lowest BCUT2D eigenvalue weighted by Crippen LogP contribution is -2.30. The molecule has 3 nitrogen and oxygen atoms in total. The molecule has 1 N–H and O–H groups in total. The van der Waals surface area contributed by atoms with E-state index in [-0.39, 0.29) is 0 Å². The quantitative estimate of drug-likeness (QED) is 0.734. The Bertz CT molecular complexity index is 381. The smallest absolute Gasteiger partial charge is 0.143 e. The van der Waals surface area contributed by atoms with Gasteiger partial charge in [0, 0.05) is 6.07 Å². The summed E-state index contributed by atoms with van der Waals surface area (Å²) >= 11 is 0. The van der Waals surface area contributed by atoms with E-state index in [9.17, 15) is 0 Å². The highest BCUT2D eigenvalue weighted by Crippen LogP contribution is 2.30. The van der Waals surface area contributed by atoms with Crippen molar-refractivity contribution < 1.29 is 4.74 Å². The van der Waals surface area contributed by atoms with Crippen molar-refractivity contribution in [2.24, 2.45) is 0 Å². The standard InChI is InChI=1S/C11H12N2O/c1-2-9-7-14-11-5-8(6-12)3-4-10(11)13-9/h3-5,9,13H,2,7H2,1H3. The minimum Gasteiger partial charge on any atom is -0.489 e. The number of hydrogen-bond acceptors (Lipinski definition) is 3. The van der Waals surface area contributed by atoms with Crippen LogP contribution in [0, 0.1) is 11.3 Å². The summed E-state index contributed by atoms with van der Waals surface area (Å²) in [6.07, 6.45) is 1.04. The lowest BCUT2D eigenvalue weighted by atomic mass is 10.1. The molecule has 1 aliphatic heterocycles. The Hall–Kier alpha value is -1.69. The van der Waals surface area contributed by atoms with Gasteiger partial charge in [0.15, 0.2) is 0 Å². The Morgan fingerprint density at radius 2 is 2.50 bits per heavy atom. The molecule has 3 heteroatoms. The van der Waals surface area contributed by atoms with Crippen LogP contribution in [-0.2, 0) is 0 Å². The van der Waals surface area contributed by atoms with Crippen LogP contribution in [0.4, 0.5) is 5.69 Å². The van der Waals surface area contributed by atoms with Gasteiger partial charge in [0.25, 0.3) is 0 Å². The van der Waals surface area contributed by atoms with Gasteiger partial charge in [0.2, 0.25) is 0 Å². The first-order valence-electron chi connectivity index (χ1n) is 4.77. The summed E-state index contributed by atoms with van der Waals surface area (Å²) in [7, 11) is 0. The van der Waals surface area contributed by atoms with Gasteiger partial charge in [-0.15, -0.1) is 0 Å². The van der Waals surface area contributed by atoms with Crippen LogP contribution in [0.25, 0.3) is 0 Å². The fourth-order valence-electron chi connectivity index (χ4n) is 1.50. The van der Waals surface area contributed by atoms with Crippen molar-refractivity contribution in [1.82, 2.24) is 0 Å². The molecule has 0 saturated heterocycles. The Morgan fingerprint density at radius 3 is 3.21 bits per heavy atom. The number of rotatable bonds is 1. The highest BCUT2D eigenvalue weighted by molar-refractivity contribution is 5.61. The second-order valence-electron chi connectivity index (χ2n) is 3.38. The summed E-state index contributed by atoms with van der Waals surface area (Å²) in [5, 5.41) is 12.1. The average molecular weight is 188 g/mol.